The number of rotatable bonds is 6. The molecule has 1 aliphatic carbocycles. The van der Waals surface area contributed by atoms with E-state index in [0.717, 1.165) is 48.9 Å². The Kier molecular flexibility index (Phi) is 6.85. The minimum Gasteiger partial charge on any atom is -0.352 e. The molecule has 4 nitrogen and oxygen atoms in total. The summed E-state index contributed by atoms with van der Waals surface area (Å²) in [6.07, 6.45) is 3.97. The smallest absolute Gasteiger partial charge is 0.227 e. The number of para-hydroxylation sites is 1. The number of hydrogen-bond acceptors (Lipinski definition) is 2. The van der Waals surface area contributed by atoms with E-state index in [1.165, 1.54) is 5.56 Å². The first-order valence-corrected chi connectivity index (χ1v) is 10.3. The van der Waals surface area contributed by atoms with Gasteiger partial charge in [-0.3, -0.25) is 9.59 Å². The predicted molar refractivity (Wildman–Crippen MR) is 113 cm³/mol. The highest BCUT2D eigenvalue weighted by atomic mass is 16.2. The number of benzene rings is 2. The third-order valence-electron chi connectivity index (χ3n) is 5.84. The molecule has 3 rings (SSSR count). The van der Waals surface area contributed by atoms with Gasteiger partial charge in [0.1, 0.15) is 0 Å². The maximum atomic E-state index is 12.6. The molecule has 148 valence electrons. The number of aryl methyl sites for hydroxylation is 2. The first kappa shape index (κ1) is 20.1. The fraction of sp³-hybridized carbons (Fsp3) is 0.417. The van der Waals surface area contributed by atoms with Gasteiger partial charge in [-0.05, 0) is 61.8 Å². The summed E-state index contributed by atoms with van der Waals surface area (Å²) in [4.78, 5) is 25.2. The fourth-order valence-electron chi connectivity index (χ4n) is 3.94. The highest BCUT2D eigenvalue weighted by molar-refractivity contribution is 5.93. The van der Waals surface area contributed by atoms with Gasteiger partial charge in [0.2, 0.25) is 11.8 Å². The summed E-state index contributed by atoms with van der Waals surface area (Å²) >= 11 is 0. The van der Waals surface area contributed by atoms with Crippen molar-refractivity contribution < 1.29 is 9.59 Å². The number of anilines is 1. The summed E-state index contributed by atoms with van der Waals surface area (Å²) in [5.41, 5.74) is 4.40. The molecular weight excluding hydrogens is 348 g/mol. The maximum Gasteiger partial charge on any atom is 0.227 e. The van der Waals surface area contributed by atoms with Crippen molar-refractivity contribution in [1.82, 2.24) is 5.32 Å². The topological polar surface area (TPSA) is 58.2 Å². The van der Waals surface area contributed by atoms with Crippen LogP contribution in [0.25, 0.3) is 0 Å². The Hall–Kier alpha value is -2.62. The number of carbonyl (C=O) groups excluding carboxylic acids is 2. The summed E-state index contributed by atoms with van der Waals surface area (Å²) < 4.78 is 0. The summed E-state index contributed by atoms with van der Waals surface area (Å²) in [5.74, 6) is 0.194. The van der Waals surface area contributed by atoms with Crippen molar-refractivity contribution in [2.75, 3.05) is 5.32 Å². The Morgan fingerprint density at radius 1 is 0.857 bits per heavy atom. The normalized spacial score (nSPS) is 19.1. The second kappa shape index (κ2) is 9.54. The van der Waals surface area contributed by atoms with Crippen LogP contribution in [0.1, 0.15) is 49.3 Å². The molecule has 0 aromatic heterocycles. The Morgan fingerprint density at radius 2 is 1.43 bits per heavy atom. The third kappa shape index (κ3) is 5.00. The monoisotopic (exact) mass is 378 g/mol. The summed E-state index contributed by atoms with van der Waals surface area (Å²) in [5, 5.41) is 6.16. The lowest BCUT2D eigenvalue weighted by atomic mass is 9.81. The SMILES string of the molecule is CCc1ccccc1NC(=O)C1CCC(C(=O)NCc2ccccc2C)CC1. The first-order valence-electron chi connectivity index (χ1n) is 10.3. The van der Waals surface area contributed by atoms with Crippen molar-refractivity contribution in [2.24, 2.45) is 11.8 Å². The zero-order valence-corrected chi connectivity index (χ0v) is 16.8. The van der Waals surface area contributed by atoms with E-state index in [4.69, 9.17) is 0 Å². The summed E-state index contributed by atoms with van der Waals surface area (Å²) in [7, 11) is 0. The van der Waals surface area contributed by atoms with Crippen LogP contribution in [0.3, 0.4) is 0 Å². The van der Waals surface area contributed by atoms with Crippen LogP contribution in [-0.4, -0.2) is 11.8 Å². The van der Waals surface area contributed by atoms with Gasteiger partial charge in [-0.25, -0.2) is 0 Å². The van der Waals surface area contributed by atoms with Gasteiger partial charge in [-0.1, -0.05) is 49.4 Å². The minimum atomic E-state index is -0.00895. The van der Waals surface area contributed by atoms with Gasteiger partial charge >= 0.3 is 0 Å². The molecule has 0 heterocycles. The van der Waals surface area contributed by atoms with E-state index < -0.39 is 0 Å². The van der Waals surface area contributed by atoms with Crippen LogP contribution in [0.2, 0.25) is 0 Å². The van der Waals surface area contributed by atoms with Gasteiger partial charge in [0, 0.05) is 24.1 Å². The second-order valence-corrected chi connectivity index (χ2v) is 7.69. The molecule has 0 saturated heterocycles. The molecule has 0 radical (unpaired) electrons. The lowest BCUT2D eigenvalue weighted by Gasteiger charge is -2.27. The standard InChI is InChI=1S/C24H30N2O2/c1-3-18-9-6-7-11-22(18)26-24(28)20-14-12-19(13-15-20)23(27)25-16-21-10-5-4-8-17(21)2/h4-11,19-20H,3,12-16H2,1-2H3,(H,25,27)(H,26,28). The molecule has 1 aliphatic rings. The highest BCUT2D eigenvalue weighted by Gasteiger charge is 2.30. The fourth-order valence-corrected chi connectivity index (χ4v) is 3.94. The van der Waals surface area contributed by atoms with E-state index in [-0.39, 0.29) is 23.7 Å². The average Bonchev–Trinajstić information content (AvgIpc) is 2.73. The van der Waals surface area contributed by atoms with Crippen LogP contribution in [0.4, 0.5) is 5.69 Å². The molecule has 0 aliphatic heterocycles. The molecule has 1 saturated carbocycles. The van der Waals surface area contributed by atoms with Crippen molar-refractivity contribution in [3.63, 3.8) is 0 Å². The largest absolute Gasteiger partial charge is 0.352 e. The van der Waals surface area contributed by atoms with Crippen LogP contribution in [0.15, 0.2) is 48.5 Å². The van der Waals surface area contributed by atoms with Crippen LogP contribution >= 0.6 is 0 Å². The Balaban J connectivity index is 1.47. The quantitative estimate of drug-likeness (QED) is 0.771. The maximum absolute atomic E-state index is 12.6. The molecule has 2 N–H and O–H groups in total. The first-order chi connectivity index (χ1) is 13.6. The lowest BCUT2D eigenvalue weighted by molar-refractivity contribution is -0.128. The van der Waals surface area contributed by atoms with Gasteiger partial charge < -0.3 is 10.6 Å². The van der Waals surface area contributed by atoms with E-state index in [1.807, 2.05) is 42.5 Å². The van der Waals surface area contributed by atoms with Gasteiger partial charge in [-0.2, -0.15) is 0 Å². The number of nitrogens with one attached hydrogen (secondary N) is 2. The van der Waals surface area contributed by atoms with E-state index in [2.05, 4.69) is 30.5 Å². The molecule has 28 heavy (non-hydrogen) atoms. The molecule has 2 aromatic rings. The van der Waals surface area contributed by atoms with Gasteiger partial charge in [0.25, 0.3) is 0 Å². The molecular formula is C24H30N2O2. The Bertz CT molecular complexity index is 823. The van der Waals surface area contributed by atoms with E-state index in [0.29, 0.717) is 6.54 Å². The molecule has 4 heteroatoms. The molecule has 0 unspecified atom stereocenters. The van der Waals surface area contributed by atoms with Crippen molar-refractivity contribution >= 4 is 17.5 Å². The van der Waals surface area contributed by atoms with Crippen molar-refractivity contribution in [3.8, 4) is 0 Å². The van der Waals surface area contributed by atoms with E-state index in [9.17, 15) is 9.59 Å². The molecule has 0 atom stereocenters. The second-order valence-electron chi connectivity index (χ2n) is 7.69. The Morgan fingerprint density at radius 3 is 2.07 bits per heavy atom. The zero-order valence-electron chi connectivity index (χ0n) is 16.8. The van der Waals surface area contributed by atoms with Gasteiger partial charge in [0.15, 0.2) is 0 Å². The summed E-state index contributed by atoms with van der Waals surface area (Å²) in [6.45, 7) is 4.72. The molecule has 2 aromatic carbocycles. The highest BCUT2D eigenvalue weighted by Crippen LogP contribution is 2.30. The zero-order chi connectivity index (χ0) is 19.9. The third-order valence-corrected chi connectivity index (χ3v) is 5.84. The van der Waals surface area contributed by atoms with E-state index >= 15 is 0 Å². The van der Waals surface area contributed by atoms with Crippen LogP contribution in [0.5, 0.6) is 0 Å². The van der Waals surface area contributed by atoms with Crippen LogP contribution in [0, 0.1) is 18.8 Å². The molecule has 1 fully saturated rings. The average molecular weight is 379 g/mol. The lowest BCUT2D eigenvalue weighted by Crippen LogP contribution is -2.35. The molecule has 0 spiro atoms. The van der Waals surface area contributed by atoms with E-state index in [1.54, 1.807) is 0 Å². The minimum absolute atomic E-state index is 0.00895. The molecule has 0 bridgehead atoms. The van der Waals surface area contributed by atoms with Crippen molar-refractivity contribution in [2.45, 2.75) is 52.5 Å². The number of hydrogen-bond donors (Lipinski definition) is 2. The van der Waals surface area contributed by atoms with Gasteiger partial charge in [-0.15, -0.1) is 0 Å². The number of amides is 2. The van der Waals surface area contributed by atoms with Crippen molar-refractivity contribution in [1.29, 1.82) is 0 Å². The number of carbonyl (C=O) groups is 2. The predicted octanol–water partition coefficient (Wildman–Crippen LogP) is 4.62. The molecule has 2 amide bonds. The summed E-state index contributed by atoms with van der Waals surface area (Å²) in [6, 6.07) is 16.1. The van der Waals surface area contributed by atoms with Gasteiger partial charge in [0.05, 0.1) is 0 Å². The van der Waals surface area contributed by atoms with Crippen molar-refractivity contribution in [3.05, 3.63) is 65.2 Å². The van der Waals surface area contributed by atoms with Crippen LogP contribution in [-0.2, 0) is 22.6 Å². The Labute approximate surface area is 167 Å². The van der Waals surface area contributed by atoms with Crippen LogP contribution < -0.4 is 10.6 Å².